The first kappa shape index (κ1) is 9.45. The maximum absolute atomic E-state index is 10.7. The van der Waals surface area contributed by atoms with E-state index in [2.05, 4.69) is 15.0 Å². The molecule has 2 aromatic heterocycles. The number of carbonyl (C=O) groups is 1. The zero-order chi connectivity index (χ0) is 11.0. The molecule has 78 valence electrons. The molecule has 0 aliphatic rings. The summed E-state index contributed by atoms with van der Waals surface area (Å²) in [5, 5.41) is 8.79. The lowest BCUT2D eigenvalue weighted by atomic mass is 10.3. The van der Waals surface area contributed by atoms with Gasteiger partial charge in [0.05, 0.1) is 23.8 Å². The molecule has 0 radical (unpaired) electrons. The maximum atomic E-state index is 10.7. The number of aryl methyl sites for hydroxylation is 1. The SMILES string of the molecule is COc1nc(C)c2[nH]c(C(=O)O)cc2n1. The van der Waals surface area contributed by atoms with E-state index in [1.807, 2.05) is 0 Å². The number of aromatic nitrogens is 3. The Morgan fingerprint density at radius 2 is 2.27 bits per heavy atom. The number of carboxylic acids is 1. The van der Waals surface area contributed by atoms with E-state index in [0.29, 0.717) is 16.7 Å². The van der Waals surface area contributed by atoms with E-state index in [1.54, 1.807) is 6.92 Å². The second-order valence-electron chi connectivity index (χ2n) is 3.04. The van der Waals surface area contributed by atoms with Crippen molar-refractivity contribution in [3.63, 3.8) is 0 Å². The Labute approximate surface area is 84.9 Å². The molecule has 0 amide bonds. The summed E-state index contributed by atoms with van der Waals surface area (Å²) in [6.07, 6.45) is 0. The molecule has 15 heavy (non-hydrogen) atoms. The van der Waals surface area contributed by atoms with Crippen LogP contribution >= 0.6 is 0 Å². The highest BCUT2D eigenvalue weighted by atomic mass is 16.5. The van der Waals surface area contributed by atoms with Crippen LogP contribution in [0.2, 0.25) is 0 Å². The molecule has 0 saturated heterocycles. The van der Waals surface area contributed by atoms with Crippen molar-refractivity contribution in [1.29, 1.82) is 0 Å². The summed E-state index contributed by atoms with van der Waals surface area (Å²) in [5.74, 6) is -1.02. The van der Waals surface area contributed by atoms with Gasteiger partial charge in [0.25, 0.3) is 0 Å². The van der Waals surface area contributed by atoms with Gasteiger partial charge in [-0.1, -0.05) is 0 Å². The predicted molar refractivity (Wildman–Crippen MR) is 52.1 cm³/mol. The molecule has 0 bridgehead atoms. The molecule has 0 saturated carbocycles. The van der Waals surface area contributed by atoms with Crippen molar-refractivity contribution in [1.82, 2.24) is 15.0 Å². The monoisotopic (exact) mass is 207 g/mol. The minimum Gasteiger partial charge on any atom is -0.477 e. The maximum Gasteiger partial charge on any atom is 0.352 e. The van der Waals surface area contributed by atoms with Gasteiger partial charge in [-0.25, -0.2) is 4.79 Å². The Kier molecular flexibility index (Phi) is 2.03. The van der Waals surface area contributed by atoms with Gasteiger partial charge in [0, 0.05) is 0 Å². The van der Waals surface area contributed by atoms with Crippen LogP contribution in [0, 0.1) is 6.92 Å². The zero-order valence-electron chi connectivity index (χ0n) is 8.24. The molecular weight excluding hydrogens is 198 g/mol. The molecule has 0 aliphatic heterocycles. The highest BCUT2D eigenvalue weighted by Gasteiger charge is 2.12. The van der Waals surface area contributed by atoms with E-state index in [0.717, 1.165) is 0 Å². The van der Waals surface area contributed by atoms with Crippen LogP contribution in [-0.2, 0) is 0 Å². The molecule has 0 spiro atoms. The minimum atomic E-state index is -1.02. The van der Waals surface area contributed by atoms with E-state index in [9.17, 15) is 4.79 Å². The molecule has 6 nitrogen and oxygen atoms in total. The molecule has 0 atom stereocenters. The first-order chi connectivity index (χ1) is 7.11. The number of carboxylic acid groups (broad SMARTS) is 1. The fourth-order valence-electron chi connectivity index (χ4n) is 1.34. The van der Waals surface area contributed by atoms with Crippen LogP contribution in [0.15, 0.2) is 6.07 Å². The molecule has 2 rings (SSSR count). The van der Waals surface area contributed by atoms with Crippen LogP contribution in [0.5, 0.6) is 6.01 Å². The van der Waals surface area contributed by atoms with Gasteiger partial charge in [0.2, 0.25) is 0 Å². The fraction of sp³-hybridized carbons (Fsp3) is 0.222. The Morgan fingerprint density at radius 3 is 2.87 bits per heavy atom. The lowest BCUT2D eigenvalue weighted by Crippen LogP contribution is -1.95. The summed E-state index contributed by atoms with van der Waals surface area (Å²) in [4.78, 5) is 21.5. The molecule has 2 N–H and O–H groups in total. The summed E-state index contributed by atoms with van der Waals surface area (Å²) in [6, 6.07) is 1.69. The molecular formula is C9H9N3O3. The number of fused-ring (bicyclic) bond motifs is 1. The van der Waals surface area contributed by atoms with Crippen LogP contribution in [-0.4, -0.2) is 33.1 Å². The Bertz CT molecular complexity index is 533. The summed E-state index contributed by atoms with van der Waals surface area (Å²) < 4.78 is 4.89. The first-order valence-corrected chi connectivity index (χ1v) is 4.26. The molecule has 0 unspecified atom stereocenters. The predicted octanol–water partition coefficient (Wildman–Crippen LogP) is 0.973. The Hall–Kier alpha value is -2.11. The number of hydrogen-bond acceptors (Lipinski definition) is 4. The highest BCUT2D eigenvalue weighted by Crippen LogP contribution is 2.18. The minimum absolute atomic E-state index is 0.0932. The van der Waals surface area contributed by atoms with E-state index in [4.69, 9.17) is 9.84 Å². The van der Waals surface area contributed by atoms with E-state index in [-0.39, 0.29) is 11.7 Å². The van der Waals surface area contributed by atoms with Crippen LogP contribution in [0.25, 0.3) is 11.0 Å². The molecule has 2 heterocycles. The number of H-pyrrole nitrogens is 1. The summed E-state index contributed by atoms with van der Waals surface area (Å²) in [5.41, 5.74) is 1.91. The number of aromatic amines is 1. The highest BCUT2D eigenvalue weighted by molar-refractivity contribution is 5.92. The summed E-state index contributed by atoms with van der Waals surface area (Å²) >= 11 is 0. The number of methoxy groups -OCH3 is 1. The third kappa shape index (κ3) is 1.50. The van der Waals surface area contributed by atoms with Crippen LogP contribution in [0.3, 0.4) is 0 Å². The molecule has 0 aromatic carbocycles. The average Bonchev–Trinajstić information content (AvgIpc) is 2.61. The third-order valence-corrected chi connectivity index (χ3v) is 2.05. The molecule has 0 aliphatic carbocycles. The van der Waals surface area contributed by atoms with Gasteiger partial charge < -0.3 is 14.8 Å². The van der Waals surface area contributed by atoms with Crippen LogP contribution < -0.4 is 4.74 Å². The lowest BCUT2D eigenvalue weighted by Gasteiger charge is -1.99. The molecule has 0 fully saturated rings. The smallest absolute Gasteiger partial charge is 0.352 e. The summed E-state index contributed by atoms with van der Waals surface area (Å²) in [7, 11) is 1.46. The average molecular weight is 207 g/mol. The number of aromatic carboxylic acids is 1. The lowest BCUT2D eigenvalue weighted by molar-refractivity contribution is 0.0691. The summed E-state index contributed by atoms with van der Waals surface area (Å²) in [6.45, 7) is 1.76. The van der Waals surface area contributed by atoms with Gasteiger partial charge in [-0.2, -0.15) is 9.97 Å². The fourth-order valence-corrected chi connectivity index (χ4v) is 1.34. The number of rotatable bonds is 2. The van der Waals surface area contributed by atoms with Gasteiger partial charge in [0.15, 0.2) is 0 Å². The first-order valence-electron chi connectivity index (χ1n) is 4.26. The number of nitrogens with one attached hydrogen (secondary N) is 1. The largest absolute Gasteiger partial charge is 0.477 e. The molecule has 2 aromatic rings. The van der Waals surface area contributed by atoms with Gasteiger partial charge in [-0.3, -0.25) is 0 Å². The van der Waals surface area contributed by atoms with E-state index < -0.39 is 5.97 Å². The van der Waals surface area contributed by atoms with Crippen molar-refractivity contribution in [2.75, 3.05) is 7.11 Å². The van der Waals surface area contributed by atoms with Crippen molar-refractivity contribution in [3.05, 3.63) is 17.5 Å². The number of nitrogens with zero attached hydrogens (tertiary/aromatic N) is 2. The second-order valence-corrected chi connectivity index (χ2v) is 3.04. The van der Waals surface area contributed by atoms with Gasteiger partial charge in [0.1, 0.15) is 5.69 Å². The zero-order valence-corrected chi connectivity index (χ0v) is 8.24. The van der Waals surface area contributed by atoms with Crippen LogP contribution in [0.4, 0.5) is 0 Å². The quantitative estimate of drug-likeness (QED) is 0.766. The van der Waals surface area contributed by atoms with E-state index in [1.165, 1.54) is 13.2 Å². The normalized spacial score (nSPS) is 10.5. The number of ether oxygens (including phenoxy) is 1. The third-order valence-electron chi connectivity index (χ3n) is 2.05. The van der Waals surface area contributed by atoms with Gasteiger partial charge in [-0.15, -0.1) is 0 Å². The van der Waals surface area contributed by atoms with Gasteiger partial charge in [-0.05, 0) is 13.0 Å². The Balaban J connectivity index is 2.69. The van der Waals surface area contributed by atoms with Crippen molar-refractivity contribution >= 4 is 17.0 Å². The Morgan fingerprint density at radius 1 is 1.53 bits per heavy atom. The van der Waals surface area contributed by atoms with Gasteiger partial charge >= 0.3 is 12.0 Å². The van der Waals surface area contributed by atoms with E-state index >= 15 is 0 Å². The topological polar surface area (TPSA) is 88.1 Å². The number of hydrogen-bond donors (Lipinski definition) is 2. The van der Waals surface area contributed by atoms with Crippen molar-refractivity contribution in [3.8, 4) is 6.01 Å². The van der Waals surface area contributed by atoms with Crippen molar-refractivity contribution in [2.24, 2.45) is 0 Å². The second kappa shape index (κ2) is 3.23. The van der Waals surface area contributed by atoms with Crippen molar-refractivity contribution < 1.29 is 14.6 Å². The van der Waals surface area contributed by atoms with Crippen LogP contribution in [0.1, 0.15) is 16.2 Å². The molecule has 6 heteroatoms. The van der Waals surface area contributed by atoms with Crippen molar-refractivity contribution in [2.45, 2.75) is 6.92 Å². The standard InChI is InChI=1S/C9H9N3O3/c1-4-7-5(12-9(10-4)15-2)3-6(11-7)8(13)14/h3,11H,1-2H3,(H,13,14).